The number of aromatic nitrogens is 3. The fourth-order valence-corrected chi connectivity index (χ4v) is 6.08. The highest BCUT2D eigenvalue weighted by Gasteiger charge is 2.38. The molecule has 2 bridgehead atoms. The van der Waals surface area contributed by atoms with Crippen LogP contribution in [0, 0.1) is 0 Å². The lowest BCUT2D eigenvalue weighted by atomic mass is 9.97. The molecule has 6 heteroatoms. The lowest BCUT2D eigenvalue weighted by molar-refractivity contribution is 0.476. The Morgan fingerprint density at radius 1 is 0.838 bits per heavy atom. The fraction of sp³-hybridized carbons (Fsp3) is 0.258. The van der Waals surface area contributed by atoms with Crippen molar-refractivity contribution in [2.75, 3.05) is 18.0 Å². The third kappa shape index (κ3) is 4.07. The number of rotatable bonds is 5. The Bertz CT molecular complexity index is 1590. The topological polar surface area (TPSA) is 74.2 Å². The van der Waals surface area contributed by atoms with Gasteiger partial charge in [-0.25, -0.2) is 9.97 Å². The third-order valence-corrected chi connectivity index (χ3v) is 7.84. The lowest BCUT2D eigenvalue weighted by Crippen LogP contribution is -2.52. The van der Waals surface area contributed by atoms with E-state index in [1.807, 2.05) is 48.7 Å². The summed E-state index contributed by atoms with van der Waals surface area (Å²) in [5.74, 6) is 2.18. The second kappa shape index (κ2) is 9.12. The van der Waals surface area contributed by atoms with Gasteiger partial charge in [-0.3, -0.25) is 4.98 Å². The van der Waals surface area contributed by atoms with Crippen LogP contribution in [0.15, 0.2) is 79.0 Å². The first-order valence-electron chi connectivity index (χ1n) is 13.1. The molecule has 4 heterocycles. The summed E-state index contributed by atoms with van der Waals surface area (Å²) < 4.78 is 0. The molecule has 2 aliphatic rings. The van der Waals surface area contributed by atoms with E-state index in [4.69, 9.17) is 9.97 Å². The first-order valence-corrected chi connectivity index (χ1v) is 13.1. The molecule has 3 aromatic carbocycles. The van der Waals surface area contributed by atoms with Crippen molar-refractivity contribution in [3.05, 3.63) is 90.5 Å². The summed E-state index contributed by atoms with van der Waals surface area (Å²) >= 11 is 0. The SMILES string of the molecule is Oc1cc(-c2ccc3c(N4[C@@H]5CC[C@H]4CNC5)nc(CCc4ccccn4)nc3c2)c2ccccc2c1. The molecule has 37 heavy (non-hydrogen) atoms. The Balaban J connectivity index is 1.36. The molecule has 0 amide bonds. The van der Waals surface area contributed by atoms with Crippen molar-refractivity contribution < 1.29 is 5.11 Å². The molecule has 2 atom stereocenters. The van der Waals surface area contributed by atoms with E-state index < -0.39 is 0 Å². The second-order valence-corrected chi connectivity index (χ2v) is 10.2. The van der Waals surface area contributed by atoms with E-state index >= 15 is 0 Å². The Labute approximate surface area is 216 Å². The fourth-order valence-electron chi connectivity index (χ4n) is 6.08. The third-order valence-electron chi connectivity index (χ3n) is 7.84. The highest BCUT2D eigenvalue weighted by Crippen LogP contribution is 2.38. The molecular weight excluding hydrogens is 458 g/mol. The molecule has 0 saturated carbocycles. The second-order valence-electron chi connectivity index (χ2n) is 10.2. The van der Waals surface area contributed by atoms with Gasteiger partial charge in [0.05, 0.1) is 5.52 Å². The van der Waals surface area contributed by atoms with E-state index in [2.05, 4.69) is 45.5 Å². The standard InChI is InChI=1S/C31H29N5O/c37-25-15-20-5-1-2-7-26(20)28(17-25)21-8-12-27-29(16-21)34-30(13-9-22-6-3-4-14-33-22)35-31(27)36-23-10-11-24(36)19-32-18-23/h1-8,12,14-17,23-24,32,37H,9-11,13,18-19H2/t23-,24+. The van der Waals surface area contributed by atoms with Gasteiger partial charge in [-0.2, -0.15) is 0 Å². The number of nitrogens with zero attached hydrogens (tertiary/aromatic N) is 4. The number of hydrogen-bond donors (Lipinski definition) is 2. The molecule has 0 spiro atoms. The molecule has 0 aliphatic carbocycles. The van der Waals surface area contributed by atoms with E-state index in [9.17, 15) is 5.11 Å². The van der Waals surface area contributed by atoms with Gasteiger partial charge in [-0.15, -0.1) is 0 Å². The lowest BCUT2D eigenvalue weighted by Gasteiger charge is -2.37. The minimum Gasteiger partial charge on any atom is -0.508 e. The molecule has 2 saturated heterocycles. The molecule has 2 N–H and O–H groups in total. The summed E-state index contributed by atoms with van der Waals surface area (Å²) in [6, 6.07) is 25.3. The molecule has 2 aromatic heterocycles. The number of phenols is 1. The zero-order chi connectivity index (χ0) is 24.8. The highest BCUT2D eigenvalue weighted by molar-refractivity contribution is 6.00. The maximum atomic E-state index is 10.4. The van der Waals surface area contributed by atoms with Gasteiger partial charge < -0.3 is 15.3 Å². The molecule has 184 valence electrons. The maximum Gasteiger partial charge on any atom is 0.140 e. The van der Waals surface area contributed by atoms with Crippen LogP contribution < -0.4 is 10.2 Å². The smallest absolute Gasteiger partial charge is 0.140 e. The van der Waals surface area contributed by atoms with Crippen LogP contribution in [0.25, 0.3) is 32.8 Å². The highest BCUT2D eigenvalue weighted by atomic mass is 16.3. The number of anilines is 1. The maximum absolute atomic E-state index is 10.4. The van der Waals surface area contributed by atoms with E-state index in [-0.39, 0.29) is 5.75 Å². The Hall–Kier alpha value is -4.03. The molecule has 2 fully saturated rings. The van der Waals surface area contributed by atoms with E-state index in [0.717, 1.165) is 76.1 Å². The van der Waals surface area contributed by atoms with Crippen molar-refractivity contribution in [1.29, 1.82) is 0 Å². The summed E-state index contributed by atoms with van der Waals surface area (Å²) in [7, 11) is 0. The average molecular weight is 488 g/mol. The summed E-state index contributed by atoms with van der Waals surface area (Å²) in [6.45, 7) is 2.00. The molecule has 0 radical (unpaired) electrons. The normalized spacial score (nSPS) is 19.1. The Morgan fingerprint density at radius 2 is 1.68 bits per heavy atom. The first kappa shape index (κ1) is 22.2. The van der Waals surface area contributed by atoms with Crippen molar-refractivity contribution in [2.45, 2.75) is 37.8 Å². The van der Waals surface area contributed by atoms with Crippen LogP contribution in [0.2, 0.25) is 0 Å². The van der Waals surface area contributed by atoms with Crippen molar-refractivity contribution in [2.24, 2.45) is 0 Å². The summed E-state index contributed by atoms with van der Waals surface area (Å²) in [5.41, 5.74) is 4.05. The van der Waals surface area contributed by atoms with Gasteiger partial charge in [0.1, 0.15) is 17.4 Å². The number of aromatic hydroxyl groups is 1. The summed E-state index contributed by atoms with van der Waals surface area (Å²) in [6.07, 6.45) is 5.77. The quantitative estimate of drug-likeness (QED) is 0.352. The number of fused-ring (bicyclic) bond motifs is 4. The van der Waals surface area contributed by atoms with Gasteiger partial charge in [0, 0.05) is 48.9 Å². The number of hydrogen-bond acceptors (Lipinski definition) is 6. The molecule has 2 aliphatic heterocycles. The van der Waals surface area contributed by atoms with E-state index in [0.29, 0.717) is 12.1 Å². The van der Waals surface area contributed by atoms with Crippen LogP contribution >= 0.6 is 0 Å². The van der Waals surface area contributed by atoms with Gasteiger partial charge in [0.2, 0.25) is 0 Å². The Morgan fingerprint density at radius 3 is 2.51 bits per heavy atom. The molecule has 6 nitrogen and oxygen atoms in total. The zero-order valence-corrected chi connectivity index (χ0v) is 20.6. The van der Waals surface area contributed by atoms with Crippen LogP contribution in [0.1, 0.15) is 24.4 Å². The van der Waals surface area contributed by atoms with Crippen molar-refractivity contribution in [1.82, 2.24) is 20.3 Å². The van der Waals surface area contributed by atoms with Crippen molar-refractivity contribution >= 4 is 27.5 Å². The van der Waals surface area contributed by atoms with Gasteiger partial charge in [-0.1, -0.05) is 36.4 Å². The van der Waals surface area contributed by atoms with Gasteiger partial charge in [0.25, 0.3) is 0 Å². The average Bonchev–Trinajstić information content (AvgIpc) is 3.18. The van der Waals surface area contributed by atoms with Crippen LogP contribution in [-0.4, -0.2) is 45.2 Å². The predicted molar refractivity (Wildman–Crippen MR) is 148 cm³/mol. The number of benzene rings is 3. The minimum absolute atomic E-state index is 0.269. The van der Waals surface area contributed by atoms with Gasteiger partial charge in [-0.05, 0) is 77.6 Å². The van der Waals surface area contributed by atoms with Crippen LogP contribution in [-0.2, 0) is 12.8 Å². The summed E-state index contributed by atoms with van der Waals surface area (Å²) in [4.78, 5) is 17.3. The van der Waals surface area contributed by atoms with Crippen LogP contribution in [0.4, 0.5) is 5.82 Å². The summed E-state index contributed by atoms with van der Waals surface area (Å²) in [5, 5.41) is 17.3. The number of piperazine rings is 1. The van der Waals surface area contributed by atoms with E-state index in [1.54, 1.807) is 0 Å². The molecule has 5 aromatic rings. The number of nitrogens with one attached hydrogen (secondary N) is 1. The van der Waals surface area contributed by atoms with E-state index in [1.165, 1.54) is 12.8 Å². The molecule has 7 rings (SSSR count). The van der Waals surface area contributed by atoms with Crippen LogP contribution in [0.3, 0.4) is 0 Å². The van der Waals surface area contributed by atoms with Crippen LogP contribution in [0.5, 0.6) is 5.75 Å². The van der Waals surface area contributed by atoms with Crippen molar-refractivity contribution in [3.8, 4) is 16.9 Å². The van der Waals surface area contributed by atoms with Crippen molar-refractivity contribution in [3.63, 3.8) is 0 Å². The first-order chi connectivity index (χ1) is 18.2. The predicted octanol–water partition coefficient (Wildman–Crippen LogP) is 5.28. The largest absolute Gasteiger partial charge is 0.508 e. The number of phenolic OH excluding ortho intramolecular Hbond substituents is 1. The molecule has 0 unspecified atom stereocenters. The van der Waals surface area contributed by atoms with Gasteiger partial charge in [0.15, 0.2) is 0 Å². The number of aryl methyl sites for hydroxylation is 2. The monoisotopic (exact) mass is 487 g/mol. The number of pyridine rings is 1. The molecular formula is C31H29N5O. The zero-order valence-electron chi connectivity index (χ0n) is 20.6. The van der Waals surface area contributed by atoms with Gasteiger partial charge >= 0.3 is 0 Å². The minimum atomic E-state index is 0.269. The Kier molecular flexibility index (Phi) is 5.47.